The maximum atomic E-state index is 6.33. The summed E-state index contributed by atoms with van der Waals surface area (Å²) in [5.74, 6) is 1.29. The Morgan fingerprint density at radius 3 is 2.21 bits per heavy atom. The third kappa shape index (κ3) is 5.18. The van der Waals surface area contributed by atoms with Crippen LogP contribution in [-0.4, -0.2) is 0 Å². The number of hydrogen-bond donors (Lipinski definition) is 0. The van der Waals surface area contributed by atoms with Crippen molar-refractivity contribution in [2.45, 2.75) is 78.1 Å². The molecule has 1 rings (SSSR count). The van der Waals surface area contributed by atoms with Gasteiger partial charge in [0.15, 0.2) is 0 Å². The van der Waals surface area contributed by atoms with Crippen LogP contribution in [0.4, 0.5) is 0 Å². The van der Waals surface area contributed by atoms with E-state index in [0.29, 0.717) is 11.8 Å². The summed E-state index contributed by atoms with van der Waals surface area (Å²) in [5, 5.41) is 0.908. The molecule has 2 atom stereocenters. The van der Waals surface area contributed by atoms with Gasteiger partial charge in [-0.05, 0) is 54.4 Å². The molecule has 19 heavy (non-hydrogen) atoms. The second-order valence-electron chi connectivity index (χ2n) is 5.76. The molecule has 0 nitrogen and oxygen atoms in total. The molecule has 0 aromatic heterocycles. The quantitative estimate of drug-likeness (QED) is 0.484. The Bertz CT molecular complexity index is 370. The van der Waals surface area contributed by atoms with Crippen LogP contribution in [0.25, 0.3) is 0 Å². The lowest BCUT2D eigenvalue weighted by molar-refractivity contribution is 0.540. The van der Waals surface area contributed by atoms with Crippen molar-refractivity contribution in [3.63, 3.8) is 0 Å². The summed E-state index contributed by atoms with van der Waals surface area (Å²) >= 11 is 6.33. The van der Waals surface area contributed by atoms with Crippen LogP contribution in [0.2, 0.25) is 5.02 Å². The maximum absolute atomic E-state index is 6.33. The topological polar surface area (TPSA) is 0 Å². The lowest BCUT2D eigenvalue weighted by atomic mass is 9.87. The first-order chi connectivity index (χ1) is 9.12. The summed E-state index contributed by atoms with van der Waals surface area (Å²) in [5.41, 5.74) is 2.86. The van der Waals surface area contributed by atoms with E-state index in [2.05, 4.69) is 45.9 Å². The highest BCUT2D eigenvalue weighted by atomic mass is 35.5. The minimum Gasteiger partial charge on any atom is -0.0843 e. The highest BCUT2D eigenvalue weighted by molar-refractivity contribution is 6.30. The zero-order chi connectivity index (χ0) is 14.3. The van der Waals surface area contributed by atoms with E-state index in [1.54, 1.807) is 0 Å². The molecular weight excluding hydrogens is 252 g/mol. The van der Waals surface area contributed by atoms with E-state index in [-0.39, 0.29) is 0 Å². The first kappa shape index (κ1) is 16.6. The highest BCUT2D eigenvalue weighted by Gasteiger charge is 2.13. The molecule has 0 amide bonds. The number of rotatable bonds is 8. The van der Waals surface area contributed by atoms with Crippen molar-refractivity contribution in [3.8, 4) is 0 Å². The molecule has 0 N–H and O–H groups in total. The first-order valence-corrected chi connectivity index (χ1v) is 8.30. The Hall–Kier alpha value is -0.490. The number of benzene rings is 1. The predicted molar refractivity (Wildman–Crippen MR) is 87.3 cm³/mol. The largest absolute Gasteiger partial charge is 0.0843 e. The van der Waals surface area contributed by atoms with Gasteiger partial charge in [0.2, 0.25) is 0 Å². The zero-order valence-corrected chi connectivity index (χ0v) is 13.8. The molecule has 108 valence electrons. The van der Waals surface area contributed by atoms with Gasteiger partial charge in [-0.1, -0.05) is 64.6 Å². The van der Waals surface area contributed by atoms with Gasteiger partial charge in [-0.3, -0.25) is 0 Å². The fourth-order valence-corrected chi connectivity index (χ4v) is 2.92. The Labute approximate surface area is 124 Å². The summed E-state index contributed by atoms with van der Waals surface area (Å²) in [7, 11) is 0. The Balaban J connectivity index is 2.97. The summed E-state index contributed by atoms with van der Waals surface area (Å²) in [6, 6.07) is 6.72. The van der Waals surface area contributed by atoms with E-state index in [1.807, 2.05) is 0 Å². The normalized spacial score (nSPS) is 14.4. The summed E-state index contributed by atoms with van der Waals surface area (Å²) < 4.78 is 0. The molecule has 1 aromatic rings. The fraction of sp³-hybridized carbons (Fsp3) is 0.667. The van der Waals surface area contributed by atoms with Crippen molar-refractivity contribution in [3.05, 3.63) is 34.3 Å². The Morgan fingerprint density at radius 2 is 1.63 bits per heavy atom. The lowest BCUT2D eigenvalue weighted by Crippen LogP contribution is -2.01. The van der Waals surface area contributed by atoms with Gasteiger partial charge in [-0.25, -0.2) is 0 Å². The third-order valence-corrected chi connectivity index (χ3v) is 4.36. The third-order valence-electron chi connectivity index (χ3n) is 4.14. The molecule has 0 radical (unpaired) electrons. The van der Waals surface area contributed by atoms with Crippen LogP contribution >= 0.6 is 11.6 Å². The van der Waals surface area contributed by atoms with Crippen LogP contribution < -0.4 is 0 Å². The molecular formula is C18H29Cl. The van der Waals surface area contributed by atoms with Gasteiger partial charge in [0.05, 0.1) is 0 Å². The average molecular weight is 281 g/mol. The lowest BCUT2D eigenvalue weighted by Gasteiger charge is -2.19. The fourth-order valence-electron chi connectivity index (χ4n) is 2.67. The molecule has 0 saturated heterocycles. The molecule has 0 bridgehead atoms. The predicted octanol–water partition coefficient (Wildman–Crippen LogP) is 6.93. The molecule has 0 spiro atoms. The minimum absolute atomic E-state index is 0.603. The van der Waals surface area contributed by atoms with Crippen molar-refractivity contribution in [1.82, 2.24) is 0 Å². The molecule has 2 unspecified atom stereocenters. The summed E-state index contributed by atoms with van der Waals surface area (Å²) in [4.78, 5) is 0. The Morgan fingerprint density at radius 1 is 0.947 bits per heavy atom. The van der Waals surface area contributed by atoms with Crippen molar-refractivity contribution in [2.75, 3.05) is 0 Å². The van der Waals surface area contributed by atoms with Crippen LogP contribution in [0.1, 0.15) is 89.2 Å². The van der Waals surface area contributed by atoms with Crippen molar-refractivity contribution < 1.29 is 0 Å². The van der Waals surface area contributed by atoms with Crippen molar-refractivity contribution in [1.29, 1.82) is 0 Å². The summed E-state index contributed by atoms with van der Waals surface area (Å²) in [6.45, 7) is 9.08. The van der Waals surface area contributed by atoms with E-state index >= 15 is 0 Å². The molecule has 1 heteroatoms. The average Bonchev–Trinajstić information content (AvgIpc) is 2.41. The number of unbranched alkanes of at least 4 members (excludes halogenated alkanes) is 1. The number of halogens is 1. The first-order valence-electron chi connectivity index (χ1n) is 7.92. The van der Waals surface area contributed by atoms with E-state index in [0.717, 1.165) is 5.02 Å². The molecule has 0 fully saturated rings. The van der Waals surface area contributed by atoms with E-state index in [4.69, 9.17) is 11.6 Å². The van der Waals surface area contributed by atoms with Crippen LogP contribution in [0.3, 0.4) is 0 Å². The van der Waals surface area contributed by atoms with Crippen LogP contribution in [0.5, 0.6) is 0 Å². The second-order valence-corrected chi connectivity index (χ2v) is 6.19. The zero-order valence-electron chi connectivity index (χ0n) is 13.0. The standard InChI is InChI=1S/C18H29Cl/c1-5-8-10-15(9-6-2)17-11-16(14(4)7-3)12-18(19)13-17/h11-15H,5-10H2,1-4H3. The van der Waals surface area contributed by atoms with Crippen LogP contribution in [0, 0.1) is 0 Å². The van der Waals surface area contributed by atoms with Gasteiger partial charge in [0.1, 0.15) is 0 Å². The molecule has 0 aliphatic heterocycles. The van der Waals surface area contributed by atoms with Gasteiger partial charge in [-0.15, -0.1) is 0 Å². The minimum atomic E-state index is 0.603. The number of hydrogen-bond acceptors (Lipinski definition) is 0. The van der Waals surface area contributed by atoms with Crippen LogP contribution in [-0.2, 0) is 0 Å². The van der Waals surface area contributed by atoms with Gasteiger partial charge in [-0.2, -0.15) is 0 Å². The monoisotopic (exact) mass is 280 g/mol. The maximum Gasteiger partial charge on any atom is 0.0411 e. The van der Waals surface area contributed by atoms with Gasteiger partial charge >= 0.3 is 0 Å². The highest BCUT2D eigenvalue weighted by Crippen LogP contribution is 2.32. The van der Waals surface area contributed by atoms with Crippen molar-refractivity contribution in [2.24, 2.45) is 0 Å². The van der Waals surface area contributed by atoms with Crippen molar-refractivity contribution >= 4 is 11.6 Å². The van der Waals surface area contributed by atoms with E-state index < -0.39 is 0 Å². The molecule has 0 aliphatic rings. The van der Waals surface area contributed by atoms with Gasteiger partial charge < -0.3 is 0 Å². The van der Waals surface area contributed by atoms with Gasteiger partial charge in [0, 0.05) is 5.02 Å². The van der Waals surface area contributed by atoms with Gasteiger partial charge in [0.25, 0.3) is 0 Å². The molecule has 1 aromatic carbocycles. The SMILES string of the molecule is CCCCC(CCC)c1cc(Cl)cc(C(C)CC)c1. The molecule has 0 heterocycles. The second kappa shape index (κ2) is 8.64. The van der Waals surface area contributed by atoms with E-state index in [9.17, 15) is 0 Å². The summed E-state index contributed by atoms with van der Waals surface area (Å²) in [6.07, 6.45) is 7.59. The van der Waals surface area contributed by atoms with Crippen LogP contribution in [0.15, 0.2) is 18.2 Å². The smallest absolute Gasteiger partial charge is 0.0411 e. The molecule has 0 saturated carbocycles. The van der Waals surface area contributed by atoms with E-state index in [1.165, 1.54) is 49.7 Å². The molecule has 0 aliphatic carbocycles. The Kier molecular flexibility index (Phi) is 7.53.